The van der Waals surface area contributed by atoms with Gasteiger partial charge in [0.1, 0.15) is 18.1 Å². The van der Waals surface area contributed by atoms with Gasteiger partial charge < -0.3 is 34.9 Å². The van der Waals surface area contributed by atoms with Crippen molar-refractivity contribution in [3.05, 3.63) is 119 Å². The number of carbonyl (C=O) groups excluding carboxylic acids is 2. The van der Waals surface area contributed by atoms with Gasteiger partial charge in [0, 0.05) is 5.69 Å². The van der Waals surface area contributed by atoms with E-state index < -0.39 is 12.0 Å². The molecule has 4 aromatic carbocycles. The molecule has 10 heteroatoms. The Morgan fingerprint density at radius 3 is 2.28 bits per heavy atom. The maximum absolute atomic E-state index is 13.9. The molecule has 4 aromatic rings. The van der Waals surface area contributed by atoms with Crippen LogP contribution in [-0.4, -0.2) is 60.3 Å². The fraction of sp³-hybridized carbons (Fsp3) is 0.270. The van der Waals surface area contributed by atoms with Crippen LogP contribution in [0.15, 0.2) is 97.1 Å². The van der Waals surface area contributed by atoms with Gasteiger partial charge in [0.2, 0.25) is 5.91 Å². The molecule has 5 rings (SSSR count). The van der Waals surface area contributed by atoms with Crippen LogP contribution in [0.25, 0.3) is 0 Å². The first-order valence-corrected chi connectivity index (χ1v) is 15.5. The Morgan fingerprint density at radius 1 is 0.809 bits per heavy atom. The van der Waals surface area contributed by atoms with E-state index in [9.17, 15) is 19.5 Å². The third-order valence-electron chi connectivity index (χ3n) is 8.12. The molecule has 0 saturated carbocycles. The van der Waals surface area contributed by atoms with E-state index in [1.165, 1.54) is 19.2 Å². The molecule has 3 amide bonds. The normalized spacial score (nSPS) is 15.6. The lowest BCUT2D eigenvalue weighted by molar-refractivity contribution is -0.135. The summed E-state index contributed by atoms with van der Waals surface area (Å²) in [7, 11) is 1.51. The van der Waals surface area contributed by atoms with Crippen molar-refractivity contribution in [3.63, 3.8) is 0 Å². The number of carboxylic acids is 1. The summed E-state index contributed by atoms with van der Waals surface area (Å²) in [5.41, 5.74) is 4.02. The first kappa shape index (κ1) is 33.0. The number of nitrogens with one attached hydrogen (secondary N) is 2. The van der Waals surface area contributed by atoms with Gasteiger partial charge in [0.15, 0.2) is 0 Å². The maximum atomic E-state index is 13.9. The molecular formula is C37H39N3O7. The van der Waals surface area contributed by atoms with E-state index >= 15 is 0 Å². The molecule has 0 aliphatic carbocycles. The number of carboxylic acid groups (broad SMARTS) is 1. The highest BCUT2D eigenvalue weighted by molar-refractivity contribution is 6.01. The molecule has 3 N–H and O–H groups in total. The van der Waals surface area contributed by atoms with E-state index in [2.05, 4.69) is 10.6 Å². The van der Waals surface area contributed by atoms with Gasteiger partial charge in [-0.2, -0.15) is 0 Å². The summed E-state index contributed by atoms with van der Waals surface area (Å²) in [6.07, 6.45) is 1.56. The molecule has 0 spiro atoms. The Balaban J connectivity index is 1.27. The first-order valence-electron chi connectivity index (χ1n) is 15.5. The number of ether oxygens (including phenoxy) is 3. The number of amides is 3. The predicted molar refractivity (Wildman–Crippen MR) is 179 cm³/mol. The molecule has 0 unspecified atom stereocenters. The van der Waals surface area contributed by atoms with Crippen LogP contribution in [0.1, 0.15) is 39.9 Å². The van der Waals surface area contributed by atoms with Gasteiger partial charge in [0.25, 0.3) is 0 Å². The number of para-hydroxylation sites is 1. The standard InChI is InChI=1S/C37H39N3O7/c1-25-9-6-7-14-32(25)38-37(44)39-33-18-15-27(19-34(33)45-2)20-35(41)40-29(23-46-22-26-10-4-3-5-11-26)16-17-30(40)24-47-31-13-8-12-28(21-31)36(42)43/h3-15,18-19,21,29-30H,16-17,20,22-24H2,1-2H3,(H,42,43)(H2,38,39,44)/t29-,30-/m0/s1. The van der Waals surface area contributed by atoms with Crippen LogP contribution in [-0.2, 0) is 22.6 Å². The molecule has 244 valence electrons. The van der Waals surface area contributed by atoms with Crippen molar-refractivity contribution < 1.29 is 33.7 Å². The quantitative estimate of drug-likeness (QED) is 0.152. The molecule has 0 aromatic heterocycles. The van der Waals surface area contributed by atoms with Crippen LogP contribution < -0.4 is 20.1 Å². The molecule has 10 nitrogen and oxygen atoms in total. The number of aromatic carboxylic acids is 1. The van der Waals surface area contributed by atoms with E-state index in [1.54, 1.807) is 30.3 Å². The van der Waals surface area contributed by atoms with Crippen LogP contribution in [0.3, 0.4) is 0 Å². The molecule has 0 bridgehead atoms. The second-order valence-electron chi connectivity index (χ2n) is 11.4. The molecule has 47 heavy (non-hydrogen) atoms. The number of likely N-dealkylation sites (tertiary alicyclic amines) is 1. The number of aryl methyl sites for hydroxylation is 1. The minimum Gasteiger partial charge on any atom is -0.495 e. The van der Waals surface area contributed by atoms with Gasteiger partial charge in [-0.05, 0) is 72.9 Å². The predicted octanol–water partition coefficient (Wildman–Crippen LogP) is 6.54. The van der Waals surface area contributed by atoms with Crippen molar-refractivity contribution in [2.45, 2.75) is 44.9 Å². The second kappa shape index (κ2) is 15.8. The van der Waals surface area contributed by atoms with E-state index in [4.69, 9.17) is 14.2 Å². The Kier molecular flexibility index (Phi) is 11.1. The SMILES string of the molecule is COc1cc(CC(=O)N2[C@H](COCc3ccccc3)CC[C@H]2COc2cccc(C(=O)O)c2)ccc1NC(=O)Nc1ccccc1C. The van der Waals surface area contributed by atoms with Crippen LogP contribution >= 0.6 is 0 Å². The lowest BCUT2D eigenvalue weighted by Gasteiger charge is -2.30. The van der Waals surface area contributed by atoms with E-state index in [1.807, 2.05) is 66.4 Å². The Labute approximate surface area is 274 Å². The molecule has 1 fully saturated rings. The highest BCUT2D eigenvalue weighted by atomic mass is 16.5. The highest BCUT2D eigenvalue weighted by Gasteiger charge is 2.37. The highest BCUT2D eigenvalue weighted by Crippen LogP contribution is 2.30. The van der Waals surface area contributed by atoms with Crippen molar-refractivity contribution >= 4 is 29.3 Å². The summed E-state index contributed by atoms with van der Waals surface area (Å²) in [4.78, 5) is 39.9. The molecular weight excluding hydrogens is 598 g/mol. The van der Waals surface area contributed by atoms with Crippen molar-refractivity contribution in [3.8, 4) is 11.5 Å². The van der Waals surface area contributed by atoms with Gasteiger partial charge in [0.05, 0.1) is 50.1 Å². The Hall–Kier alpha value is -5.35. The van der Waals surface area contributed by atoms with E-state index in [0.29, 0.717) is 42.5 Å². The average molecular weight is 638 g/mol. The number of urea groups is 1. The smallest absolute Gasteiger partial charge is 0.335 e. The zero-order chi connectivity index (χ0) is 33.2. The molecule has 1 aliphatic rings. The summed E-state index contributed by atoms with van der Waals surface area (Å²) in [6.45, 7) is 2.93. The van der Waals surface area contributed by atoms with Crippen LogP contribution in [0.4, 0.5) is 16.2 Å². The number of rotatable bonds is 13. The fourth-order valence-electron chi connectivity index (χ4n) is 5.70. The van der Waals surface area contributed by atoms with Gasteiger partial charge in [-0.1, -0.05) is 60.7 Å². The van der Waals surface area contributed by atoms with Crippen molar-refractivity contribution in [2.75, 3.05) is 31.0 Å². The zero-order valence-corrected chi connectivity index (χ0v) is 26.5. The molecule has 1 heterocycles. The number of nitrogens with zero attached hydrogens (tertiary/aromatic N) is 1. The van der Waals surface area contributed by atoms with Crippen molar-refractivity contribution in [2.24, 2.45) is 0 Å². The third-order valence-corrected chi connectivity index (χ3v) is 8.12. The van der Waals surface area contributed by atoms with Crippen LogP contribution in [0.5, 0.6) is 11.5 Å². The summed E-state index contributed by atoms with van der Waals surface area (Å²) in [6, 6.07) is 28.2. The number of benzene rings is 4. The monoisotopic (exact) mass is 637 g/mol. The Morgan fingerprint density at radius 2 is 1.53 bits per heavy atom. The summed E-state index contributed by atoms with van der Waals surface area (Å²) in [5.74, 6) is -0.269. The van der Waals surface area contributed by atoms with Crippen LogP contribution in [0, 0.1) is 6.92 Å². The number of hydrogen-bond acceptors (Lipinski definition) is 6. The number of methoxy groups -OCH3 is 1. The molecule has 0 radical (unpaired) electrons. The van der Waals surface area contributed by atoms with Gasteiger partial charge in [-0.25, -0.2) is 9.59 Å². The lowest BCUT2D eigenvalue weighted by Crippen LogP contribution is -2.46. The van der Waals surface area contributed by atoms with Crippen molar-refractivity contribution in [1.29, 1.82) is 0 Å². The molecule has 1 aliphatic heterocycles. The lowest BCUT2D eigenvalue weighted by atomic mass is 10.1. The second-order valence-corrected chi connectivity index (χ2v) is 11.4. The number of anilines is 2. The van der Waals surface area contributed by atoms with Gasteiger partial charge in [-0.3, -0.25) is 4.79 Å². The van der Waals surface area contributed by atoms with Crippen molar-refractivity contribution in [1.82, 2.24) is 4.90 Å². The van der Waals surface area contributed by atoms with Gasteiger partial charge >= 0.3 is 12.0 Å². The topological polar surface area (TPSA) is 126 Å². The summed E-state index contributed by atoms with van der Waals surface area (Å²) < 4.78 is 17.6. The fourth-order valence-corrected chi connectivity index (χ4v) is 5.70. The molecule has 2 atom stereocenters. The molecule has 1 saturated heterocycles. The summed E-state index contributed by atoms with van der Waals surface area (Å²) >= 11 is 0. The van der Waals surface area contributed by atoms with E-state index in [0.717, 1.165) is 23.1 Å². The minimum atomic E-state index is -1.03. The average Bonchev–Trinajstić information content (AvgIpc) is 3.49. The Bertz CT molecular complexity index is 1690. The number of hydrogen-bond donors (Lipinski definition) is 3. The third kappa shape index (κ3) is 8.89. The zero-order valence-electron chi connectivity index (χ0n) is 26.5. The largest absolute Gasteiger partial charge is 0.495 e. The van der Waals surface area contributed by atoms with E-state index in [-0.39, 0.29) is 36.6 Å². The van der Waals surface area contributed by atoms with Crippen LogP contribution in [0.2, 0.25) is 0 Å². The number of carbonyl (C=O) groups is 3. The maximum Gasteiger partial charge on any atom is 0.335 e. The summed E-state index contributed by atoms with van der Waals surface area (Å²) in [5, 5.41) is 15.0. The minimum absolute atomic E-state index is 0.0937. The first-order chi connectivity index (χ1) is 22.8. The van der Waals surface area contributed by atoms with Gasteiger partial charge in [-0.15, -0.1) is 0 Å².